The third kappa shape index (κ3) is 4.41. The first-order valence-electron chi connectivity index (χ1n) is 8.99. The van der Waals surface area contributed by atoms with Gasteiger partial charge in [0.25, 0.3) is 5.91 Å². The highest BCUT2D eigenvalue weighted by molar-refractivity contribution is 7.22. The van der Waals surface area contributed by atoms with Gasteiger partial charge in [-0.15, -0.1) is 0 Å². The van der Waals surface area contributed by atoms with Crippen molar-refractivity contribution in [1.82, 2.24) is 4.98 Å². The van der Waals surface area contributed by atoms with E-state index in [1.807, 2.05) is 55.5 Å². The lowest BCUT2D eigenvalue weighted by Gasteiger charge is -2.09. The maximum Gasteiger partial charge on any atom is 0.323 e. The average molecular weight is 402 g/mol. The monoisotopic (exact) mass is 402 g/mol. The zero-order valence-electron chi connectivity index (χ0n) is 15.6. The molecule has 1 aromatic heterocycles. The highest BCUT2D eigenvalue weighted by Gasteiger charge is 2.11. The Morgan fingerprint density at radius 2 is 1.62 bits per heavy atom. The number of nitrogens with one attached hydrogen (secondary N) is 3. The molecule has 0 saturated carbocycles. The smallest absolute Gasteiger partial charge is 0.308 e. The second-order valence-electron chi connectivity index (χ2n) is 6.42. The van der Waals surface area contributed by atoms with Crippen LogP contribution in [0.2, 0.25) is 0 Å². The van der Waals surface area contributed by atoms with E-state index >= 15 is 0 Å². The van der Waals surface area contributed by atoms with E-state index in [1.54, 1.807) is 24.3 Å². The van der Waals surface area contributed by atoms with E-state index in [2.05, 4.69) is 20.9 Å². The van der Waals surface area contributed by atoms with Crippen molar-refractivity contribution in [3.05, 3.63) is 83.9 Å². The summed E-state index contributed by atoms with van der Waals surface area (Å²) in [6.45, 7) is 1.93. The quantitative estimate of drug-likeness (QED) is 0.421. The molecule has 1 heterocycles. The summed E-state index contributed by atoms with van der Waals surface area (Å²) >= 11 is 1.38. The van der Waals surface area contributed by atoms with Crippen molar-refractivity contribution in [1.29, 1.82) is 0 Å². The van der Waals surface area contributed by atoms with Crippen molar-refractivity contribution >= 4 is 50.0 Å². The van der Waals surface area contributed by atoms with Gasteiger partial charge in [-0.25, -0.2) is 9.78 Å². The zero-order chi connectivity index (χ0) is 20.2. The van der Waals surface area contributed by atoms with Crippen LogP contribution in [0.1, 0.15) is 15.9 Å². The van der Waals surface area contributed by atoms with Crippen molar-refractivity contribution in [2.45, 2.75) is 6.92 Å². The lowest BCUT2D eigenvalue weighted by molar-refractivity contribution is 0.102. The van der Waals surface area contributed by atoms with E-state index in [0.29, 0.717) is 21.9 Å². The first-order valence-corrected chi connectivity index (χ1v) is 9.81. The maximum atomic E-state index is 12.3. The molecule has 3 amide bonds. The van der Waals surface area contributed by atoms with Crippen molar-refractivity contribution in [3.8, 4) is 0 Å². The minimum Gasteiger partial charge on any atom is -0.308 e. The van der Waals surface area contributed by atoms with Gasteiger partial charge in [-0.2, -0.15) is 0 Å². The molecule has 0 aliphatic rings. The molecule has 4 aromatic rings. The number of anilines is 3. The van der Waals surface area contributed by atoms with E-state index in [4.69, 9.17) is 0 Å². The van der Waals surface area contributed by atoms with E-state index in [0.717, 1.165) is 16.0 Å². The molecule has 3 aromatic carbocycles. The Morgan fingerprint density at radius 3 is 2.41 bits per heavy atom. The summed E-state index contributed by atoms with van der Waals surface area (Å²) in [6.07, 6.45) is 0. The molecule has 0 aliphatic carbocycles. The molecular weight excluding hydrogens is 384 g/mol. The summed E-state index contributed by atoms with van der Waals surface area (Å²) < 4.78 is 0.915. The maximum absolute atomic E-state index is 12.3. The van der Waals surface area contributed by atoms with Crippen LogP contribution in [-0.4, -0.2) is 16.9 Å². The molecule has 6 nitrogen and oxygen atoms in total. The standard InChI is InChI=1S/C22H18N4O2S/c1-14-7-5-6-10-17(14)24-21(28)23-16-11-12-19-18(13-16)25-22(29-19)26-20(27)15-8-3-2-4-9-15/h2-13H,1H3,(H2,23,24,28)(H,25,26,27). The lowest BCUT2D eigenvalue weighted by Crippen LogP contribution is -2.19. The SMILES string of the molecule is Cc1ccccc1NC(=O)Nc1ccc2sc(NC(=O)c3ccccc3)nc2c1. The lowest BCUT2D eigenvalue weighted by atomic mass is 10.2. The van der Waals surface area contributed by atoms with Gasteiger partial charge in [0, 0.05) is 16.9 Å². The van der Waals surface area contributed by atoms with Gasteiger partial charge in [0.15, 0.2) is 5.13 Å². The normalized spacial score (nSPS) is 10.5. The Hall–Kier alpha value is -3.71. The first kappa shape index (κ1) is 18.6. The number of aryl methyl sites for hydroxylation is 1. The Labute approximate surface area is 171 Å². The van der Waals surface area contributed by atoms with Gasteiger partial charge in [-0.05, 0) is 48.9 Å². The fraction of sp³-hybridized carbons (Fsp3) is 0.0455. The van der Waals surface area contributed by atoms with Crippen molar-refractivity contribution in [2.75, 3.05) is 16.0 Å². The summed E-state index contributed by atoms with van der Waals surface area (Å²) in [7, 11) is 0. The predicted octanol–water partition coefficient (Wildman–Crippen LogP) is 5.50. The molecule has 0 fully saturated rings. The van der Waals surface area contributed by atoms with Crippen LogP contribution < -0.4 is 16.0 Å². The third-order valence-electron chi connectivity index (χ3n) is 4.30. The molecule has 0 unspecified atom stereocenters. The number of thiazole rings is 1. The molecule has 0 bridgehead atoms. The third-order valence-corrected chi connectivity index (χ3v) is 5.25. The summed E-state index contributed by atoms with van der Waals surface area (Å²) in [5, 5.41) is 8.97. The van der Waals surface area contributed by atoms with Crippen LogP contribution in [0.4, 0.5) is 21.3 Å². The van der Waals surface area contributed by atoms with E-state index in [-0.39, 0.29) is 11.9 Å². The number of urea groups is 1. The molecule has 29 heavy (non-hydrogen) atoms. The molecule has 0 aliphatic heterocycles. The molecule has 0 radical (unpaired) electrons. The van der Waals surface area contributed by atoms with E-state index in [9.17, 15) is 9.59 Å². The van der Waals surface area contributed by atoms with E-state index in [1.165, 1.54) is 11.3 Å². The van der Waals surface area contributed by atoms with Gasteiger partial charge in [0.2, 0.25) is 0 Å². The van der Waals surface area contributed by atoms with Gasteiger partial charge < -0.3 is 10.6 Å². The average Bonchev–Trinajstić information content (AvgIpc) is 3.12. The van der Waals surface area contributed by atoms with Crippen molar-refractivity contribution < 1.29 is 9.59 Å². The van der Waals surface area contributed by atoms with Crippen LogP contribution >= 0.6 is 11.3 Å². The molecule has 3 N–H and O–H groups in total. The minimum atomic E-state index is -0.327. The summed E-state index contributed by atoms with van der Waals surface area (Å²) in [4.78, 5) is 29.0. The number of benzene rings is 3. The topological polar surface area (TPSA) is 83.1 Å². The number of hydrogen-bond donors (Lipinski definition) is 3. The number of rotatable bonds is 4. The number of aromatic nitrogens is 1. The number of nitrogens with zero attached hydrogens (tertiary/aromatic N) is 1. The number of hydrogen-bond acceptors (Lipinski definition) is 4. The molecular formula is C22H18N4O2S. The fourth-order valence-corrected chi connectivity index (χ4v) is 3.66. The number of amides is 3. The van der Waals surface area contributed by atoms with Crippen LogP contribution in [-0.2, 0) is 0 Å². The van der Waals surface area contributed by atoms with Crippen LogP contribution in [0.15, 0.2) is 72.8 Å². The van der Waals surface area contributed by atoms with Crippen LogP contribution in [0, 0.1) is 6.92 Å². The summed E-state index contributed by atoms with van der Waals surface area (Å²) in [5.41, 5.74) is 3.63. The number of carbonyl (C=O) groups is 2. The van der Waals surface area contributed by atoms with Crippen molar-refractivity contribution in [2.24, 2.45) is 0 Å². The molecule has 7 heteroatoms. The van der Waals surface area contributed by atoms with Crippen LogP contribution in [0.3, 0.4) is 0 Å². The van der Waals surface area contributed by atoms with Gasteiger partial charge >= 0.3 is 6.03 Å². The second-order valence-corrected chi connectivity index (χ2v) is 7.45. The minimum absolute atomic E-state index is 0.208. The molecule has 0 spiro atoms. The fourth-order valence-electron chi connectivity index (χ4n) is 2.82. The largest absolute Gasteiger partial charge is 0.323 e. The van der Waals surface area contributed by atoms with E-state index < -0.39 is 0 Å². The number of para-hydroxylation sites is 1. The second kappa shape index (κ2) is 8.12. The zero-order valence-corrected chi connectivity index (χ0v) is 16.4. The predicted molar refractivity (Wildman–Crippen MR) is 118 cm³/mol. The van der Waals surface area contributed by atoms with Gasteiger partial charge in [0.05, 0.1) is 10.2 Å². The van der Waals surface area contributed by atoms with Crippen LogP contribution in [0.25, 0.3) is 10.2 Å². The summed E-state index contributed by atoms with van der Waals surface area (Å²) in [6, 6.07) is 21.7. The van der Waals surface area contributed by atoms with Gasteiger partial charge in [-0.3, -0.25) is 10.1 Å². The van der Waals surface area contributed by atoms with Gasteiger partial charge in [0.1, 0.15) is 0 Å². The highest BCUT2D eigenvalue weighted by atomic mass is 32.1. The van der Waals surface area contributed by atoms with Crippen LogP contribution in [0.5, 0.6) is 0 Å². The number of carbonyl (C=O) groups excluding carboxylic acids is 2. The Balaban J connectivity index is 1.46. The molecule has 144 valence electrons. The van der Waals surface area contributed by atoms with Crippen molar-refractivity contribution in [3.63, 3.8) is 0 Å². The summed E-state index contributed by atoms with van der Waals surface area (Å²) in [5.74, 6) is -0.208. The molecule has 0 atom stereocenters. The van der Waals surface area contributed by atoms with Gasteiger partial charge in [-0.1, -0.05) is 47.7 Å². The molecule has 4 rings (SSSR count). The molecule has 0 saturated heterocycles. The first-order chi connectivity index (χ1) is 14.1. The highest BCUT2D eigenvalue weighted by Crippen LogP contribution is 2.28. The number of fused-ring (bicyclic) bond motifs is 1. The Bertz CT molecular complexity index is 1190. The Kier molecular flexibility index (Phi) is 5.22. The Morgan fingerprint density at radius 1 is 0.862 bits per heavy atom.